The number of hydrogen-bond donors (Lipinski definition) is 2. The van der Waals surface area contributed by atoms with Crippen molar-refractivity contribution in [2.24, 2.45) is 11.8 Å². The molecule has 1 aliphatic rings. The second kappa shape index (κ2) is 13.4. The van der Waals surface area contributed by atoms with E-state index in [4.69, 9.17) is 0 Å². The lowest BCUT2D eigenvalue weighted by atomic mass is 9.94. The summed E-state index contributed by atoms with van der Waals surface area (Å²) in [5.41, 5.74) is 1.78. The first kappa shape index (κ1) is 29.9. The number of amides is 4. The van der Waals surface area contributed by atoms with Crippen molar-refractivity contribution >= 4 is 23.6 Å². The van der Waals surface area contributed by atoms with Gasteiger partial charge in [0.25, 0.3) is 0 Å². The second-order valence-electron chi connectivity index (χ2n) is 10.9. The van der Waals surface area contributed by atoms with Crippen LogP contribution in [0.15, 0.2) is 60.7 Å². The molecule has 0 spiro atoms. The lowest BCUT2D eigenvalue weighted by molar-refractivity contribution is -0.148. The molecule has 0 bridgehead atoms. The fraction of sp³-hybridized carbons (Fsp3) is 0.484. The van der Waals surface area contributed by atoms with E-state index < -0.39 is 36.0 Å². The first-order valence-corrected chi connectivity index (χ1v) is 13.8. The summed E-state index contributed by atoms with van der Waals surface area (Å²) in [7, 11) is 3.19. The highest BCUT2D eigenvalue weighted by Gasteiger charge is 2.41. The Kier molecular flexibility index (Phi) is 10.3. The van der Waals surface area contributed by atoms with Crippen LogP contribution in [0.2, 0.25) is 0 Å². The summed E-state index contributed by atoms with van der Waals surface area (Å²) in [5.74, 6) is -1.89. The molecule has 0 radical (unpaired) electrons. The fourth-order valence-corrected chi connectivity index (χ4v) is 4.93. The van der Waals surface area contributed by atoms with Crippen LogP contribution in [0, 0.1) is 11.8 Å². The molecular weight excluding hydrogens is 492 g/mol. The molecule has 1 fully saturated rings. The molecule has 5 atom stereocenters. The van der Waals surface area contributed by atoms with Gasteiger partial charge >= 0.3 is 0 Å². The van der Waals surface area contributed by atoms with Crippen LogP contribution >= 0.6 is 0 Å². The van der Waals surface area contributed by atoms with Crippen LogP contribution in [0.4, 0.5) is 0 Å². The number of rotatable bonds is 7. The van der Waals surface area contributed by atoms with Crippen LogP contribution in [-0.2, 0) is 32.0 Å². The third kappa shape index (κ3) is 7.25. The maximum atomic E-state index is 13.9. The predicted molar refractivity (Wildman–Crippen MR) is 152 cm³/mol. The van der Waals surface area contributed by atoms with Gasteiger partial charge in [0, 0.05) is 26.9 Å². The standard InChI is InChI=1S/C31H42N4O4/c1-7-21(4)27-31(39)35(6)24(18-22-14-10-8-11-15-22)28(36)32-26(20(2)3)30(38)34(5)25(29(37)33-27)19-23-16-12-9-13-17-23/h8-17,20-21,24-27H,7,18-19H2,1-6H3,(H,32,36)(H,33,37)/t21-,24+,25-,26-,27-/m0/s1. The van der Waals surface area contributed by atoms with E-state index >= 15 is 0 Å². The Morgan fingerprint density at radius 1 is 0.667 bits per heavy atom. The number of benzene rings is 2. The van der Waals surface area contributed by atoms with Crippen molar-refractivity contribution in [3.8, 4) is 0 Å². The molecule has 2 aromatic rings. The third-order valence-electron chi connectivity index (χ3n) is 7.79. The minimum absolute atomic E-state index is 0.186. The molecule has 0 aromatic heterocycles. The Morgan fingerprint density at radius 2 is 1.05 bits per heavy atom. The average molecular weight is 535 g/mol. The molecule has 3 rings (SSSR count). The van der Waals surface area contributed by atoms with Crippen molar-refractivity contribution < 1.29 is 19.2 Å². The molecule has 2 aromatic carbocycles. The molecule has 0 aliphatic carbocycles. The van der Waals surface area contributed by atoms with Gasteiger partial charge in [-0.2, -0.15) is 0 Å². The minimum atomic E-state index is -0.861. The van der Waals surface area contributed by atoms with E-state index in [1.165, 1.54) is 9.80 Å². The monoisotopic (exact) mass is 534 g/mol. The molecule has 1 aliphatic heterocycles. The van der Waals surface area contributed by atoms with Gasteiger partial charge in [-0.25, -0.2) is 0 Å². The topological polar surface area (TPSA) is 98.8 Å². The number of carbonyl (C=O) groups is 4. The van der Waals surface area contributed by atoms with E-state index in [1.54, 1.807) is 14.1 Å². The predicted octanol–water partition coefficient (Wildman–Crippen LogP) is 2.81. The summed E-state index contributed by atoms with van der Waals surface area (Å²) in [6, 6.07) is 15.5. The summed E-state index contributed by atoms with van der Waals surface area (Å²) in [6.45, 7) is 7.58. The molecule has 210 valence electrons. The van der Waals surface area contributed by atoms with Crippen LogP contribution in [0.1, 0.15) is 45.2 Å². The Bertz CT molecular complexity index is 1100. The van der Waals surface area contributed by atoms with E-state index in [0.717, 1.165) is 11.1 Å². The van der Waals surface area contributed by atoms with E-state index in [9.17, 15) is 19.2 Å². The van der Waals surface area contributed by atoms with Crippen LogP contribution in [0.5, 0.6) is 0 Å². The summed E-state index contributed by atoms with van der Waals surface area (Å²) >= 11 is 0. The zero-order valence-electron chi connectivity index (χ0n) is 23.9. The van der Waals surface area contributed by atoms with Crippen molar-refractivity contribution in [1.82, 2.24) is 20.4 Å². The summed E-state index contributed by atoms with van der Waals surface area (Å²) in [6.07, 6.45) is 1.21. The molecule has 8 heteroatoms. The van der Waals surface area contributed by atoms with Gasteiger partial charge in [-0.05, 0) is 23.0 Å². The molecule has 0 saturated carbocycles. The highest BCUT2D eigenvalue weighted by atomic mass is 16.2. The maximum absolute atomic E-state index is 13.9. The molecule has 39 heavy (non-hydrogen) atoms. The van der Waals surface area contributed by atoms with Crippen LogP contribution in [0.25, 0.3) is 0 Å². The zero-order chi connectivity index (χ0) is 28.7. The van der Waals surface area contributed by atoms with Gasteiger partial charge in [0.2, 0.25) is 23.6 Å². The average Bonchev–Trinajstić information content (AvgIpc) is 2.94. The van der Waals surface area contributed by atoms with Crippen LogP contribution < -0.4 is 10.6 Å². The van der Waals surface area contributed by atoms with Crippen molar-refractivity contribution in [2.45, 2.75) is 71.1 Å². The molecule has 0 unspecified atom stereocenters. The van der Waals surface area contributed by atoms with Gasteiger partial charge in [-0.15, -0.1) is 0 Å². The summed E-state index contributed by atoms with van der Waals surface area (Å²) in [4.78, 5) is 58.2. The van der Waals surface area contributed by atoms with E-state index in [2.05, 4.69) is 10.6 Å². The molecule has 4 amide bonds. The summed E-state index contributed by atoms with van der Waals surface area (Å²) < 4.78 is 0. The number of likely N-dealkylation sites (N-methyl/N-ethyl adjacent to an activating group) is 2. The van der Waals surface area contributed by atoms with Gasteiger partial charge in [0.05, 0.1) is 0 Å². The quantitative estimate of drug-likeness (QED) is 0.571. The molecule has 1 saturated heterocycles. The number of hydrogen-bond acceptors (Lipinski definition) is 4. The number of nitrogens with zero attached hydrogens (tertiary/aromatic N) is 2. The second-order valence-corrected chi connectivity index (χ2v) is 10.9. The van der Waals surface area contributed by atoms with Crippen LogP contribution in [0.3, 0.4) is 0 Å². The van der Waals surface area contributed by atoms with Gasteiger partial charge < -0.3 is 20.4 Å². The lowest BCUT2D eigenvalue weighted by Gasteiger charge is -2.38. The van der Waals surface area contributed by atoms with Crippen molar-refractivity contribution in [1.29, 1.82) is 0 Å². The Labute approximate surface area is 232 Å². The summed E-state index contributed by atoms with van der Waals surface area (Å²) in [5, 5.41) is 5.91. The SMILES string of the molecule is CC[C@H](C)[C@@H]1NC(=O)[C@H](Cc2ccccc2)N(C)C(=O)[C@H](C(C)C)NC(=O)[C@@H](Cc2ccccc2)N(C)C1=O. The van der Waals surface area contributed by atoms with Crippen molar-refractivity contribution in [3.63, 3.8) is 0 Å². The highest BCUT2D eigenvalue weighted by molar-refractivity contribution is 5.97. The molecule has 2 N–H and O–H groups in total. The lowest BCUT2D eigenvalue weighted by Crippen LogP contribution is -2.64. The first-order valence-electron chi connectivity index (χ1n) is 13.8. The fourth-order valence-electron chi connectivity index (χ4n) is 4.93. The minimum Gasteiger partial charge on any atom is -0.342 e. The van der Waals surface area contributed by atoms with Crippen LogP contribution in [-0.4, -0.2) is 71.7 Å². The van der Waals surface area contributed by atoms with Gasteiger partial charge in [-0.3, -0.25) is 19.2 Å². The Balaban J connectivity index is 2.08. The number of nitrogens with one attached hydrogen (secondary N) is 2. The van der Waals surface area contributed by atoms with E-state index in [-0.39, 0.29) is 36.5 Å². The smallest absolute Gasteiger partial charge is 0.245 e. The zero-order valence-corrected chi connectivity index (χ0v) is 23.9. The van der Waals surface area contributed by atoms with Crippen molar-refractivity contribution in [2.75, 3.05) is 14.1 Å². The Hall–Kier alpha value is -3.68. The molecular formula is C31H42N4O4. The van der Waals surface area contributed by atoms with Gasteiger partial charge in [0.15, 0.2) is 0 Å². The number of carbonyl (C=O) groups excluding carboxylic acids is 4. The first-order chi connectivity index (χ1) is 18.5. The molecule has 1 heterocycles. The molecule has 8 nitrogen and oxygen atoms in total. The van der Waals surface area contributed by atoms with Gasteiger partial charge in [-0.1, -0.05) is 94.8 Å². The normalized spacial score (nSPS) is 24.1. The van der Waals surface area contributed by atoms with E-state index in [1.807, 2.05) is 88.4 Å². The highest BCUT2D eigenvalue weighted by Crippen LogP contribution is 2.19. The van der Waals surface area contributed by atoms with Crippen molar-refractivity contribution in [3.05, 3.63) is 71.8 Å². The Morgan fingerprint density at radius 3 is 1.44 bits per heavy atom. The van der Waals surface area contributed by atoms with E-state index in [0.29, 0.717) is 6.42 Å². The van der Waals surface area contributed by atoms with Gasteiger partial charge in [0.1, 0.15) is 24.2 Å². The third-order valence-corrected chi connectivity index (χ3v) is 7.79. The maximum Gasteiger partial charge on any atom is 0.245 e. The largest absolute Gasteiger partial charge is 0.342 e.